The second-order valence-corrected chi connectivity index (χ2v) is 7.66. The average molecular weight is 353 g/mol. The van der Waals surface area contributed by atoms with E-state index in [0.29, 0.717) is 0 Å². The van der Waals surface area contributed by atoms with Crippen LogP contribution in [0.2, 0.25) is 0 Å². The minimum absolute atomic E-state index is 0.905. The minimum Gasteiger partial charge on any atom is -0.501 e. The van der Waals surface area contributed by atoms with Crippen LogP contribution in [0.4, 0.5) is 0 Å². The zero-order valence-corrected chi connectivity index (χ0v) is 17.9. The molecule has 25 heavy (non-hydrogen) atoms. The molecule has 0 aromatic heterocycles. The number of hydrogen-bond acceptors (Lipinski definition) is 1. The van der Waals surface area contributed by atoms with Gasteiger partial charge in [0.2, 0.25) is 0 Å². The molecule has 0 atom stereocenters. The maximum Gasteiger partial charge on any atom is 0.0873 e. The van der Waals surface area contributed by atoms with Crippen molar-refractivity contribution in [1.29, 1.82) is 0 Å². The Hall–Kier alpha value is -0.460. The van der Waals surface area contributed by atoms with Crippen LogP contribution >= 0.6 is 0 Å². The summed E-state index contributed by atoms with van der Waals surface area (Å²) in [7, 11) is 0. The van der Waals surface area contributed by atoms with Gasteiger partial charge in [-0.05, 0) is 24.8 Å². The standard InChI is InChI=1S/C24H48O/c1-4-7-8-9-10-11-12-13-14-15-16-17-18-19-20-21-22-25-23-24(5-2)6-3/h23H,4-22H2,1-3H3. The van der Waals surface area contributed by atoms with Gasteiger partial charge in [-0.15, -0.1) is 0 Å². The molecule has 0 saturated carbocycles. The number of hydrogen-bond donors (Lipinski definition) is 0. The zero-order chi connectivity index (χ0) is 18.4. The summed E-state index contributed by atoms with van der Waals surface area (Å²) in [5.74, 6) is 0. The molecule has 1 nitrogen and oxygen atoms in total. The van der Waals surface area contributed by atoms with E-state index in [9.17, 15) is 0 Å². The van der Waals surface area contributed by atoms with Crippen molar-refractivity contribution < 1.29 is 4.74 Å². The van der Waals surface area contributed by atoms with Crippen molar-refractivity contribution in [2.75, 3.05) is 6.61 Å². The van der Waals surface area contributed by atoms with Crippen molar-refractivity contribution >= 4 is 0 Å². The van der Waals surface area contributed by atoms with Crippen LogP contribution in [0.5, 0.6) is 0 Å². The molecule has 0 aliphatic heterocycles. The molecule has 0 spiro atoms. The van der Waals surface area contributed by atoms with Crippen LogP contribution in [0.15, 0.2) is 11.8 Å². The Bertz CT molecular complexity index is 263. The van der Waals surface area contributed by atoms with Crippen LogP contribution in [0.1, 0.15) is 136 Å². The fourth-order valence-corrected chi connectivity index (χ4v) is 3.33. The largest absolute Gasteiger partial charge is 0.501 e. The average Bonchev–Trinajstić information content (AvgIpc) is 2.64. The molecule has 0 N–H and O–H groups in total. The summed E-state index contributed by atoms with van der Waals surface area (Å²) in [5, 5.41) is 0. The topological polar surface area (TPSA) is 9.23 Å². The molecular formula is C24H48O. The van der Waals surface area contributed by atoms with Crippen molar-refractivity contribution in [1.82, 2.24) is 0 Å². The predicted octanol–water partition coefficient (Wildman–Crippen LogP) is 8.97. The molecule has 0 aliphatic rings. The van der Waals surface area contributed by atoms with Crippen molar-refractivity contribution in [2.45, 2.75) is 136 Å². The van der Waals surface area contributed by atoms with E-state index < -0.39 is 0 Å². The maximum absolute atomic E-state index is 5.63. The molecule has 0 saturated heterocycles. The number of ether oxygens (including phenoxy) is 1. The van der Waals surface area contributed by atoms with E-state index in [0.717, 1.165) is 19.4 Å². The van der Waals surface area contributed by atoms with E-state index in [4.69, 9.17) is 4.74 Å². The van der Waals surface area contributed by atoms with E-state index in [2.05, 4.69) is 20.8 Å². The highest BCUT2D eigenvalue weighted by Gasteiger charge is 1.95. The van der Waals surface area contributed by atoms with Crippen molar-refractivity contribution in [3.63, 3.8) is 0 Å². The first-order valence-corrected chi connectivity index (χ1v) is 11.6. The first kappa shape index (κ1) is 24.5. The lowest BCUT2D eigenvalue weighted by Crippen LogP contribution is -1.90. The fraction of sp³-hybridized carbons (Fsp3) is 0.917. The summed E-state index contributed by atoms with van der Waals surface area (Å²) in [5.41, 5.74) is 1.43. The molecule has 0 amide bonds. The van der Waals surface area contributed by atoms with Gasteiger partial charge in [0.15, 0.2) is 0 Å². The Kier molecular flexibility index (Phi) is 21.2. The summed E-state index contributed by atoms with van der Waals surface area (Å²) >= 11 is 0. The van der Waals surface area contributed by atoms with Crippen molar-refractivity contribution in [2.24, 2.45) is 0 Å². The second kappa shape index (κ2) is 21.6. The van der Waals surface area contributed by atoms with Gasteiger partial charge >= 0.3 is 0 Å². The lowest BCUT2D eigenvalue weighted by atomic mass is 10.0. The molecule has 0 aromatic carbocycles. The number of allylic oxidation sites excluding steroid dienone is 1. The van der Waals surface area contributed by atoms with Crippen LogP contribution in [-0.2, 0) is 4.74 Å². The molecule has 0 aliphatic carbocycles. The first-order chi connectivity index (χ1) is 12.3. The highest BCUT2D eigenvalue weighted by molar-refractivity contribution is 4.95. The van der Waals surface area contributed by atoms with Gasteiger partial charge in [0, 0.05) is 0 Å². The predicted molar refractivity (Wildman–Crippen MR) is 114 cm³/mol. The molecule has 0 unspecified atom stereocenters. The van der Waals surface area contributed by atoms with Gasteiger partial charge in [0.05, 0.1) is 12.9 Å². The quantitative estimate of drug-likeness (QED) is 0.157. The third kappa shape index (κ3) is 19.7. The third-order valence-electron chi connectivity index (χ3n) is 5.27. The molecule has 0 heterocycles. The number of rotatable bonds is 20. The molecule has 0 bridgehead atoms. The second-order valence-electron chi connectivity index (χ2n) is 7.66. The van der Waals surface area contributed by atoms with Gasteiger partial charge in [-0.25, -0.2) is 0 Å². The zero-order valence-electron chi connectivity index (χ0n) is 17.9. The lowest BCUT2D eigenvalue weighted by molar-refractivity contribution is 0.236. The Labute approximate surface area is 160 Å². The summed E-state index contributed by atoms with van der Waals surface area (Å²) in [6.45, 7) is 7.60. The normalized spacial score (nSPS) is 10.8. The number of unbranched alkanes of at least 4 members (excludes halogenated alkanes) is 15. The molecule has 0 rings (SSSR count). The maximum atomic E-state index is 5.63. The molecule has 0 radical (unpaired) electrons. The van der Waals surface area contributed by atoms with Gasteiger partial charge in [0.25, 0.3) is 0 Å². The van der Waals surface area contributed by atoms with Gasteiger partial charge in [0.1, 0.15) is 0 Å². The van der Waals surface area contributed by atoms with E-state index in [-0.39, 0.29) is 0 Å². The van der Waals surface area contributed by atoms with E-state index in [1.807, 2.05) is 6.26 Å². The highest BCUT2D eigenvalue weighted by Crippen LogP contribution is 2.13. The van der Waals surface area contributed by atoms with Crippen LogP contribution in [0.3, 0.4) is 0 Å². The van der Waals surface area contributed by atoms with Gasteiger partial charge < -0.3 is 4.74 Å². The monoisotopic (exact) mass is 352 g/mol. The fourth-order valence-electron chi connectivity index (χ4n) is 3.33. The SMILES string of the molecule is CCCCCCCCCCCCCCCCCCOC=C(CC)CC. The van der Waals surface area contributed by atoms with Crippen LogP contribution < -0.4 is 0 Å². The van der Waals surface area contributed by atoms with Gasteiger partial charge in [-0.1, -0.05) is 117 Å². The molecular weight excluding hydrogens is 304 g/mol. The Morgan fingerprint density at radius 1 is 0.520 bits per heavy atom. The van der Waals surface area contributed by atoms with Crippen LogP contribution in [-0.4, -0.2) is 6.61 Å². The van der Waals surface area contributed by atoms with Gasteiger partial charge in [-0.2, -0.15) is 0 Å². The van der Waals surface area contributed by atoms with Gasteiger partial charge in [-0.3, -0.25) is 0 Å². The molecule has 0 fully saturated rings. The minimum atomic E-state index is 0.905. The lowest BCUT2D eigenvalue weighted by Gasteiger charge is -2.05. The summed E-state index contributed by atoms with van der Waals surface area (Å²) in [4.78, 5) is 0. The summed E-state index contributed by atoms with van der Waals surface area (Å²) in [6.07, 6.45) is 27.0. The van der Waals surface area contributed by atoms with Crippen molar-refractivity contribution in [3.05, 3.63) is 11.8 Å². The Balaban J connectivity index is 3.08. The molecule has 0 aromatic rings. The molecule has 1 heteroatoms. The van der Waals surface area contributed by atoms with Crippen LogP contribution in [0, 0.1) is 0 Å². The first-order valence-electron chi connectivity index (χ1n) is 11.6. The molecule has 150 valence electrons. The van der Waals surface area contributed by atoms with E-state index in [1.165, 1.54) is 108 Å². The Morgan fingerprint density at radius 2 is 0.880 bits per heavy atom. The summed E-state index contributed by atoms with van der Waals surface area (Å²) < 4.78 is 5.63. The van der Waals surface area contributed by atoms with E-state index >= 15 is 0 Å². The van der Waals surface area contributed by atoms with Crippen molar-refractivity contribution in [3.8, 4) is 0 Å². The smallest absolute Gasteiger partial charge is 0.0873 e. The van der Waals surface area contributed by atoms with Crippen LogP contribution in [0.25, 0.3) is 0 Å². The highest BCUT2D eigenvalue weighted by atomic mass is 16.5. The third-order valence-corrected chi connectivity index (χ3v) is 5.27. The Morgan fingerprint density at radius 3 is 1.24 bits per heavy atom. The van der Waals surface area contributed by atoms with E-state index in [1.54, 1.807) is 0 Å². The summed E-state index contributed by atoms with van der Waals surface area (Å²) in [6, 6.07) is 0.